The number of methoxy groups -OCH3 is 2. The topological polar surface area (TPSA) is 106 Å². The number of rotatable bonds is 6. The van der Waals surface area contributed by atoms with Gasteiger partial charge in [-0.1, -0.05) is 13.3 Å². The number of nitrogens with one attached hydrogen (secondary N) is 3. The van der Waals surface area contributed by atoms with Crippen molar-refractivity contribution in [3.05, 3.63) is 0 Å². The maximum atomic E-state index is 11.8. The predicted molar refractivity (Wildman–Crippen MR) is 67.6 cm³/mol. The third-order valence-electron chi connectivity index (χ3n) is 2.48. The summed E-state index contributed by atoms with van der Waals surface area (Å²) in [5, 5.41) is 7.33. The molecule has 0 spiro atoms. The Bertz CT molecular complexity index is 321. The van der Waals surface area contributed by atoms with E-state index in [9.17, 15) is 14.4 Å². The normalized spacial score (nSPS) is 12.8. The van der Waals surface area contributed by atoms with Crippen molar-refractivity contribution in [1.82, 2.24) is 16.0 Å². The van der Waals surface area contributed by atoms with Crippen LogP contribution in [0.3, 0.4) is 0 Å². The molecule has 3 N–H and O–H groups in total. The molecule has 0 saturated heterocycles. The minimum Gasteiger partial charge on any atom is -0.453 e. The highest BCUT2D eigenvalue weighted by Crippen LogP contribution is 2.04. The first-order valence-electron chi connectivity index (χ1n) is 5.90. The minimum absolute atomic E-state index is 0.430. The van der Waals surface area contributed by atoms with Crippen LogP contribution in [0, 0.1) is 0 Å². The molecule has 0 radical (unpaired) electrons. The van der Waals surface area contributed by atoms with Crippen molar-refractivity contribution < 1.29 is 23.9 Å². The van der Waals surface area contributed by atoms with Crippen LogP contribution in [0.15, 0.2) is 0 Å². The fourth-order valence-corrected chi connectivity index (χ4v) is 1.53. The molecule has 0 heterocycles. The summed E-state index contributed by atoms with van der Waals surface area (Å²) in [4.78, 5) is 34.3. The highest BCUT2D eigenvalue weighted by Gasteiger charge is 2.30. The maximum absolute atomic E-state index is 11.8. The van der Waals surface area contributed by atoms with Crippen LogP contribution in [0.2, 0.25) is 0 Å². The van der Waals surface area contributed by atoms with Gasteiger partial charge in [-0.15, -0.1) is 0 Å². The van der Waals surface area contributed by atoms with E-state index in [1.807, 2.05) is 6.92 Å². The summed E-state index contributed by atoms with van der Waals surface area (Å²) in [6.45, 7) is 1.89. The van der Waals surface area contributed by atoms with Gasteiger partial charge in [-0.2, -0.15) is 0 Å². The molecule has 2 unspecified atom stereocenters. The van der Waals surface area contributed by atoms with Gasteiger partial charge in [0.2, 0.25) is 5.91 Å². The zero-order chi connectivity index (χ0) is 14.8. The Labute approximate surface area is 112 Å². The summed E-state index contributed by atoms with van der Waals surface area (Å²) >= 11 is 0. The van der Waals surface area contributed by atoms with Crippen LogP contribution in [0.1, 0.15) is 19.8 Å². The summed E-state index contributed by atoms with van der Waals surface area (Å²) in [6.07, 6.45) is -0.206. The quantitative estimate of drug-likeness (QED) is 0.632. The second kappa shape index (κ2) is 9.01. The van der Waals surface area contributed by atoms with Crippen molar-refractivity contribution in [2.24, 2.45) is 0 Å². The number of amides is 3. The standard InChI is InChI=1S/C11H21N3O5/c1-5-6-7(13-10(16)18-3)8(9(15)12-2)14-11(17)19-4/h7-8H,5-6H2,1-4H3,(H,12,15)(H,13,16)(H,14,17). The van der Waals surface area contributed by atoms with Gasteiger partial charge in [-0.3, -0.25) is 4.79 Å². The van der Waals surface area contributed by atoms with Crippen LogP contribution >= 0.6 is 0 Å². The summed E-state index contributed by atoms with van der Waals surface area (Å²) in [5.74, 6) is -0.430. The Kier molecular flexibility index (Phi) is 8.07. The first kappa shape index (κ1) is 17.0. The van der Waals surface area contributed by atoms with Crippen molar-refractivity contribution in [3.8, 4) is 0 Å². The van der Waals surface area contributed by atoms with Gasteiger partial charge < -0.3 is 25.4 Å². The number of alkyl carbamates (subject to hydrolysis) is 2. The number of carbonyl (C=O) groups is 3. The molecule has 8 nitrogen and oxygen atoms in total. The van der Waals surface area contributed by atoms with E-state index in [-0.39, 0.29) is 0 Å². The van der Waals surface area contributed by atoms with Gasteiger partial charge in [0.1, 0.15) is 6.04 Å². The molecule has 3 amide bonds. The third kappa shape index (κ3) is 5.94. The van der Waals surface area contributed by atoms with Gasteiger partial charge in [0.15, 0.2) is 0 Å². The summed E-state index contributed by atoms with van der Waals surface area (Å²) in [7, 11) is 3.86. The lowest BCUT2D eigenvalue weighted by Crippen LogP contribution is -2.58. The first-order valence-corrected chi connectivity index (χ1v) is 5.90. The van der Waals surface area contributed by atoms with Crippen molar-refractivity contribution in [1.29, 1.82) is 0 Å². The van der Waals surface area contributed by atoms with Gasteiger partial charge in [-0.05, 0) is 6.42 Å². The van der Waals surface area contributed by atoms with Crippen LogP contribution in [-0.4, -0.2) is 51.4 Å². The molecule has 19 heavy (non-hydrogen) atoms. The Hall–Kier alpha value is -1.99. The van der Waals surface area contributed by atoms with Gasteiger partial charge >= 0.3 is 12.2 Å². The van der Waals surface area contributed by atoms with E-state index in [1.54, 1.807) is 0 Å². The molecule has 0 saturated carbocycles. The van der Waals surface area contributed by atoms with Crippen LogP contribution < -0.4 is 16.0 Å². The Morgan fingerprint density at radius 3 is 2.00 bits per heavy atom. The summed E-state index contributed by atoms with van der Waals surface area (Å²) in [6, 6.07) is -1.52. The molecule has 2 atom stereocenters. The second-order valence-corrected chi connectivity index (χ2v) is 3.76. The molecule has 0 aromatic carbocycles. The molecule has 0 aliphatic heterocycles. The number of carbonyl (C=O) groups excluding carboxylic acids is 3. The van der Waals surface area contributed by atoms with Crippen molar-refractivity contribution in [3.63, 3.8) is 0 Å². The number of hydrogen-bond acceptors (Lipinski definition) is 5. The molecular formula is C11H21N3O5. The van der Waals surface area contributed by atoms with Crippen LogP contribution in [0.4, 0.5) is 9.59 Å². The Balaban J connectivity index is 4.94. The van der Waals surface area contributed by atoms with E-state index < -0.39 is 30.2 Å². The molecule has 110 valence electrons. The third-order valence-corrected chi connectivity index (χ3v) is 2.48. The van der Waals surface area contributed by atoms with E-state index in [2.05, 4.69) is 25.4 Å². The van der Waals surface area contributed by atoms with Crippen molar-refractivity contribution in [2.75, 3.05) is 21.3 Å². The van der Waals surface area contributed by atoms with E-state index in [0.717, 1.165) is 0 Å². The number of hydrogen-bond donors (Lipinski definition) is 3. The second-order valence-electron chi connectivity index (χ2n) is 3.76. The average Bonchev–Trinajstić information content (AvgIpc) is 2.42. The molecule has 0 aliphatic rings. The molecule has 0 aromatic rings. The van der Waals surface area contributed by atoms with Gasteiger partial charge in [-0.25, -0.2) is 9.59 Å². The number of ether oxygens (including phenoxy) is 2. The zero-order valence-corrected chi connectivity index (χ0v) is 11.6. The molecule has 0 aromatic heterocycles. The largest absolute Gasteiger partial charge is 0.453 e. The summed E-state index contributed by atoms with van der Waals surface area (Å²) in [5.41, 5.74) is 0. The monoisotopic (exact) mass is 275 g/mol. The molecule has 0 bridgehead atoms. The van der Waals surface area contributed by atoms with Crippen LogP contribution in [0.25, 0.3) is 0 Å². The Morgan fingerprint density at radius 1 is 1.05 bits per heavy atom. The molecular weight excluding hydrogens is 254 g/mol. The fraction of sp³-hybridized carbons (Fsp3) is 0.727. The van der Waals surface area contributed by atoms with E-state index in [1.165, 1.54) is 21.3 Å². The van der Waals surface area contributed by atoms with E-state index in [0.29, 0.717) is 12.8 Å². The molecule has 0 aliphatic carbocycles. The zero-order valence-electron chi connectivity index (χ0n) is 11.6. The molecule has 0 rings (SSSR count). The van der Waals surface area contributed by atoms with Gasteiger partial charge in [0.05, 0.1) is 20.3 Å². The number of likely N-dealkylation sites (N-methyl/N-ethyl adjacent to an activating group) is 1. The van der Waals surface area contributed by atoms with Gasteiger partial charge in [0, 0.05) is 7.05 Å². The Morgan fingerprint density at radius 2 is 1.58 bits per heavy atom. The van der Waals surface area contributed by atoms with Crippen LogP contribution in [-0.2, 0) is 14.3 Å². The van der Waals surface area contributed by atoms with Crippen LogP contribution in [0.5, 0.6) is 0 Å². The van der Waals surface area contributed by atoms with E-state index >= 15 is 0 Å². The highest BCUT2D eigenvalue weighted by atomic mass is 16.5. The smallest absolute Gasteiger partial charge is 0.407 e. The highest BCUT2D eigenvalue weighted by molar-refractivity contribution is 5.86. The van der Waals surface area contributed by atoms with E-state index in [4.69, 9.17) is 0 Å². The SMILES string of the molecule is CCCC(NC(=O)OC)C(NC(=O)OC)C(=O)NC. The average molecular weight is 275 g/mol. The lowest BCUT2D eigenvalue weighted by Gasteiger charge is -2.26. The lowest BCUT2D eigenvalue weighted by molar-refractivity contribution is -0.123. The molecule has 0 fully saturated rings. The van der Waals surface area contributed by atoms with Gasteiger partial charge in [0.25, 0.3) is 0 Å². The molecule has 8 heteroatoms. The summed E-state index contributed by atoms with van der Waals surface area (Å²) < 4.78 is 8.96. The van der Waals surface area contributed by atoms with Crippen molar-refractivity contribution >= 4 is 18.1 Å². The fourth-order valence-electron chi connectivity index (χ4n) is 1.53. The maximum Gasteiger partial charge on any atom is 0.407 e. The first-order chi connectivity index (χ1) is 8.99. The lowest BCUT2D eigenvalue weighted by atomic mass is 10.0. The minimum atomic E-state index is -0.934. The van der Waals surface area contributed by atoms with Crippen molar-refractivity contribution in [2.45, 2.75) is 31.8 Å². The predicted octanol–water partition coefficient (Wildman–Crippen LogP) is -0.0183.